The van der Waals surface area contributed by atoms with Crippen LogP contribution in [0.4, 0.5) is 0 Å². The first-order valence-electron chi connectivity index (χ1n) is 13.4. The molecule has 0 bridgehead atoms. The Morgan fingerprint density at radius 3 is 1.54 bits per heavy atom. The van der Waals surface area contributed by atoms with Gasteiger partial charge in [-0.1, -0.05) is 109 Å². The highest BCUT2D eigenvalue weighted by atomic mass is 16.3. The van der Waals surface area contributed by atoms with Crippen molar-refractivity contribution in [3.63, 3.8) is 0 Å². The fourth-order valence-corrected chi connectivity index (χ4v) is 4.94. The van der Waals surface area contributed by atoms with E-state index in [-0.39, 0.29) is 5.75 Å². The number of aromatic nitrogens is 4. The second-order valence-electron chi connectivity index (χ2n) is 9.74. The van der Waals surface area contributed by atoms with E-state index in [9.17, 15) is 5.11 Å². The van der Waals surface area contributed by atoms with E-state index in [1.54, 1.807) is 6.07 Å². The molecule has 2 heterocycles. The number of aromatic hydroxyl groups is 1. The van der Waals surface area contributed by atoms with Crippen molar-refractivity contribution in [3.8, 4) is 62.3 Å². The van der Waals surface area contributed by atoms with Gasteiger partial charge in [0, 0.05) is 33.7 Å². The number of fused-ring (bicyclic) bond motifs is 1. The Morgan fingerprint density at radius 2 is 0.854 bits per heavy atom. The minimum absolute atomic E-state index is 0.197. The molecule has 7 aromatic rings. The standard InChI is InChI=1S/C36H24N4O/c41-33-23-32(37-31-20-8-7-19-30(31)33)27-16-10-18-29(22-27)36-39-34(25-13-5-2-6-14-25)38-35(40-36)28-17-9-15-26(21-28)24-11-3-1-4-12-24/h1-23H,(H,37,41). The molecular formula is C36H24N4O. The molecule has 194 valence electrons. The molecule has 0 aliphatic heterocycles. The summed E-state index contributed by atoms with van der Waals surface area (Å²) in [4.78, 5) is 19.5. The molecule has 0 aliphatic carbocycles. The first-order chi connectivity index (χ1) is 20.2. The topological polar surface area (TPSA) is 71.8 Å². The first-order valence-corrected chi connectivity index (χ1v) is 13.4. The van der Waals surface area contributed by atoms with Crippen molar-refractivity contribution in [2.75, 3.05) is 0 Å². The fraction of sp³-hybridized carbons (Fsp3) is 0. The number of rotatable bonds is 5. The third-order valence-corrected chi connectivity index (χ3v) is 7.01. The molecule has 41 heavy (non-hydrogen) atoms. The van der Waals surface area contributed by atoms with Gasteiger partial charge in [0.2, 0.25) is 0 Å². The lowest BCUT2D eigenvalue weighted by Crippen LogP contribution is -2.00. The van der Waals surface area contributed by atoms with Crippen LogP contribution in [0.5, 0.6) is 5.75 Å². The van der Waals surface area contributed by atoms with Gasteiger partial charge < -0.3 is 5.11 Å². The summed E-state index contributed by atoms with van der Waals surface area (Å²) >= 11 is 0. The van der Waals surface area contributed by atoms with Crippen molar-refractivity contribution in [1.29, 1.82) is 0 Å². The lowest BCUT2D eigenvalue weighted by atomic mass is 10.0. The zero-order chi connectivity index (χ0) is 27.6. The van der Waals surface area contributed by atoms with Gasteiger partial charge >= 0.3 is 0 Å². The molecule has 0 radical (unpaired) electrons. The number of nitrogens with zero attached hydrogens (tertiary/aromatic N) is 4. The van der Waals surface area contributed by atoms with E-state index in [1.165, 1.54) is 0 Å². The number of hydrogen-bond donors (Lipinski definition) is 1. The van der Waals surface area contributed by atoms with E-state index in [0.29, 0.717) is 23.2 Å². The molecular weight excluding hydrogens is 504 g/mol. The fourth-order valence-electron chi connectivity index (χ4n) is 4.94. The smallest absolute Gasteiger partial charge is 0.164 e. The second-order valence-corrected chi connectivity index (χ2v) is 9.74. The Balaban J connectivity index is 1.36. The SMILES string of the molecule is Oc1cc(-c2cccc(-c3nc(-c4ccccc4)nc(-c4cccc(-c5ccccc5)c4)n3)c2)nc2ccccc12. The minimum atomic E-state index is 0.197. The number of pyridine rings is 1. The quantitative estimate of drug-likeness (QED) is 0.243. The van der Waals surface area contributed by atoms with Crippen molar-refractivity contribution in [2.24, 2.45) is 0 Å². The molecule has 5 nitrogen and oxygen atoms in total. The molecule has 2 aromatic heterocycles. The number of benzene rings is 5. The van der Waals surface area contributed by atoms with Crippen LogP contribution in [0.15, 0.2) is 140 Å². The third kappa shape index (κ3) is 4.92. The molecule has 0 spiro atoms. The molecule has 1 N–H and O–H groups in total. The maximum atomic E-state index is 10.7. The van der Waals surface area contributed by atoms with E-state index in [1.807, 2.05) is 109 Å². The summed E-state index contributed by atoms with van der Waals surface area (Å²) in [7, 11) is 0. The van der Waals surface area contributed by atoms with E-state index >= 15 is 0 Å². The van der Waals surface area contributed by atoms with Gasteiger partial charge in [-0.15, -0.1) is 0 Å². The van der Waals surface area contributed by atoms with Crippen LogP contribution in [0.1, 0.15) is 0 Å². The van der Waals surface area contributed by atoms with Gasteiger partial charge in [-0.05, 0) is 35.4 Å². The summed E-state index contributed by atoms with van der Waals surface area (Å²) in [5, 5.41) is 11.4. The average molecular weight is 529 g/mol. The van der Waals surface area contributed by atoms with E-state index < -0.39 is 0 Å². The van der Waals surface area contributed by atoms with Gasteiger partial charge in [-0.3, -0.25) is 0 Å². The molecule has 7 rings (SSSR count). The maximum absolute atomic E-state index is 10.7. The van der Waals surface area contributed by atoms with Crippen LogP contribution in [-0.2, 0) is 0 Å². The van der Waals surface area contributed by atoms with Gasteiger partial charge in [0.1, 0.15) is 5.75 Å². The molecule has 0 amide bonds. The highest BCUT2D eigenvalue weighted by Crippen LogP contribution is 2.32. The van der Waals surface area contributed by atoms with Crippen LogP contribution in [0.25, 0.3) is 67.5 Å². The van der Waals surface area contributed by atoms with Crippen molar-refractivity contribution in [3.05, 3.63) is 140 Å². The average Bonchev–Trinajstić information content (AvgIpc) is 3.05. The molecule has 0 fully saturated rings. The summed E-state index contributed by atoms with van der Waals surface area (Å²) in [6.45, 7) is 0. The maximum Gasteiger partial charge on any atom is 0.164 e. The van der Waals surface area contributed by atoms with Crippen molar-refractivity contribution in [1.82, 2.24) is 19.9 Å². The molecule has 0 atom stereocenters. The third-order valence-electron chi connectivity index (χ3n) is 7.01. The summed E-state index contributed by atoms with van der Waals surface area (Å²) < 4.78 is 0. The Labute approximate surface area is 237 Å². The van der Waals surface area contributed by atoms with Gasteiger partial charge in [0.05, 0.1) is 11.2 Å². The summed E-state index contributed by atoms with van der Waals surface area (Å²) in [6, 6.07) is 45.7. The lowest BCUT2D eigenvalue weighted by molar-refractivity contribution is 0.481. The van der Waals surface area contributed by atoms with E-state index in [0.717, 1.165) is 44.3 Å². The highest BCUT2D eigenvalue weighted by molar-refractivity contribution is 5.88. The lowest BCUT2D eigenvalue weighted by Gasteiger charge is -2.11. The Bertz CT molecular complexity index is 2010. The first kappa shape index (κ1) is 24.4. The normalized spacial score (nSPS) is 11.0. The molecule has 5 heteroatoms. The Morgan fingerprint density at radius 1 is 0.366 bits per heavy atom. The van der Waals surface area contributed by atoms with Gasteiger partial charge in [-0.2, -0.15) is 0 Å². The van der Waals surface area contributed by atoms with Crippen molar-refractivity contribution >= 4 is 10.9 Å². The predicted octanol–water partition coefficient (Wildman–Crippen LogP) is 8.46. The van der Waals surface area contributed by atoms with Gasteiger partial charge in [-0.25, -0.2) is 19.9 Å². The molecule has 0 aliphatic rings. The van der Waals surface area contributed by atoms with Crippen LogP contribution in [0.2, 0.25) is 0 Å². The van der Waals surface area contributed by atoms with E-state index in [2.05, 4.69) is 24.3 Å². The highest BCUT2D eigenvalue weighted by Gasteiger charge is 2.14. The second kappa shape index (κ2) is 10.5. The Kier molecular flexibility index (Phi) is 6.22. The van der Waals surface area contributed by atoms with Crippen molar-refractivity contribution in [2.45, 2.75) is 0 Å². The largest absolute Gasteiger partial charge is 0.507 e. The zero-order valence-electron chi connectivity index (χ0n) is 22.0. The van der Waals surface area contributed by atoms with Gasteiger partial charge in [0.15, 0.2) is 17.5 Å². The molecule has 5 aromatic carbocycles. The van der Waals surface area contributed by atoms with Crippen LogP contribution in [0, 0.1) is 0 Å². The van der Waals surface area contributed by atoms with Crippen LogP contribution in [0.3, 0.4) is 0 Å². The monoisotopic (exact) mass is 528 g/mol. The molecule has 0 saturated heterocycles. The predicted molar refractivity (Wildman–Crippen MR) is 164 cm³/mol. The van der Waals surface area contributed by atoms with Crippen LogP contribution < -0.4 is 0 Å². The number of hydrogen-bond acceptors (Lipinski definition) is 5. The number of para-hydroxylation sites is 1. The summed E-state index contributed by atoms with van der Waals surface area (Å²) in [5.41, 5.74) is 7.14. The van der Waals surface area contributed by atoms with Crippen LogP contribution >= 0.6 is 0 Å². The Hall–Kier alpha value is -5.68. The van der Waals surface area contributed by atoms with Crippen LogP contribution in [-0.4, -0.2) is 25.0 Å². The van der Waals surface area contributed by atoms with Crippen molar-refractivity contribution < 1.29 is 5.11 Å². The molecule has 0 saturated carbocycles. The van der Waals surface area contributed by atoms with Gasteiger partial charge in [0.25, 0.3) is 0 Å². The van der Waals surface area contributed by atoms with E-state index in [4.69, 9.17) is 19.9 Å². The zero-order valence-corrected chi connectivity index (χ0v) is 22.0. The minimum Gasteiger partial charge on any atom is -0.507 e. The molecule has 0 unspecified atom stereocenters. The summed E-state index contributed by atoms with van der Waals surface area (Å²) in [5.74, 6) is 1.95. The summed E-state index contributed by atoms with van der Waals surface area (Å²) in [6.07, 6.45) is 0.